The Morgan fingerprint density at radius 2 is 1.19 bits per heavy atom. The zero-order chi connectivity index (χ0) is 18.6. The zero-order valence-electron chi connectivity index (χ0n) is 14.3. The summed E-state index contributed by atoms with van der Waals surface area (Å²) < 4.78 is 16.2. The van der Waals surface area contributed by atoms with Crippen LogP contribution in [0, 0.1) is 0 Å². The highest BCUT2D eigenvalue weighted by Crippen LogP contribution is 2.35. The Balaban J connectivity index is 1.57. The summed E-state index contributed by atoms with van der Waals surface area (Å²) in [7, 11) is 0. The molecule has 1 aliphatic heterocycles. The van der Waals surface area contributed by atoms with Crippen molar-refractivity contribution in [2.24, 2.45) is 0 Å². The van der Waals surface area contributed by atoms with Gasteiger partial charge in [-0.2, -0.15) is 0 Å². The molecule has 0 bridgehead atoms. The van der Waals surface area contributed by atoms with Gasteiger partial charge in [0.1, 0.15) is 17.6 Å². The van der Waals surface area contributed by atoms with Crippen LogP contribution in [0.1, 0.15) is 32.4 Å². The Morgan fingerprint density at radius 3 is 1.59 bits per heavy atom. The molecule has 0 amide bonds. The zero-order valence-corrected chi connectivity index (χ0v) is 14.3. The van der Waals surface area contributed by atoms with Gasteiger partial charge in [-0.25, -0.2) is 9.59 Å². The van der Waals surface area contributed by atoms with Crippen LogP contribution in [0.4, 0.5) is 0 Å². The fourth-order valence-corrected chi connectivity index (χ4v) is 2.62. The molecular formula is C22H16O5. The number of carbonyl (C=O) groups is 2. The largest absolute Gasteiger partial charge is 0.423 e. The van der Waals surface area contributed by atoms with Gasteiger partial charge in [0, 0.05) is 6.07 Å². The van der Waals surface area contributed by atoms with Crippen LogP contribution >= 0.6 is 0 Å². The maximum atomic E-state index is 12.3. The second-order valence-corrected chi connectivity index (χ2v) is 6.07. The van der Waals surface area contributed by atoms with Crippen LogP contribution in [0.5, 0.6) is 11.5 Å². The Labute approximate surface area is 156 Å². The normalized spacial score (nSPS) is 15.0. The summed E-state index contributed by atoms with van der Waals surface area (Å²) in [6.07, 6.45) is -0.0745. The molecule has 1 unspecified atom stereocenters. The highest BCUT2D eigenvalue weighted by molar-refractivity contribution is 5.92. The lowest BCUT2D eigenvalue weighted by Crippen LogP contribution is -2.10. The van der Waals surface area contributed by atoms with Crippen LogP contribution in [-0.2, 0) is 4.74 Å². The van der Waals surface area contributed by atoms with Crippen molar-refractivity contribution in [3.8, 4) is 11.5 Å². The van der Waals surface area contributed by atoms with Gasteiger partial charge in [-0.3, -0.25) is 0 Å². The van der Waals surface area contributed by atoms with Crippen molar-refractivity contribution < 1.29 is 23.8 Å². The fourth-order valence-electron chi connectivity index (χ4n) is 2.62. The van der Waals surface area contributed by atoms with Crippen LogP contribution in [-0.4, -0.2) is 18.5 Å². The molecule has 3 aromatic rings. The van der Waals surface area contributed by atoms with Gasteiger partial charge in [0.05, 0.1) is 17.7 Å². The van der Waals surface area contributed by atoms with Crippen LogP contribution in [0.2, 0.25) is 0 Å². The van der Waals surface area contributed by atoms with Crippen molar-refractivity contribution in [2.45, 2.75) is 6.10 Å². The number of rotatable bonds is 5. The van der Waals surface area contributed by atoms with E-state index >= 15 is 0 Å². The molecule has 0 spiro atoms. The topological polar surface area (TPSA) is 65.1 Å². The number of carbonyl (C=O) groups excluding carboxylic acids is 2. The van der Waals surface area contributed by atoms with E-state index in [-0.39, 0.29) is 6.10 Å². The third-order valence-electron chi connectivity index (χ3n) is 4.05. The first-order valence-corrected chi connectivity index (χ1v) is 8.50. The van der Waals surface area contributed by atoms with Crippen LogP contribution in [0.25, 0.3) is 0 Å². The molecule has 1 heterocycles. The number of ether oxygens (including phenoxy) is 3. The first kappa shape index (κ1) is 17.0. The molecule has 3 aromatic carbocycles. The summed E-state index contributed by atoms with van der Waals surface area (Å²) in [5.74, 6) is -0.366. The molecule has 134 valence electrons. The molecule has 0 aromatic heterocycles. The average molecular weight is 360 g/mol. The number of hydrogen-bond donors (Lipinski definition) is 0. The molecule has 0 radical (unpaired) electrons. The van der Waals surface area contributed by atoms with Crippen LogP contribution < -0.4 is 9.47 Å². The summed E-state index contributed by atoms with van der Waals surface area (Å²) in [4.78, 5) is 24.6. The summed E-state index contributed by atoms with van der Waals surface area (Å²) in [5.41, 5.74) is 1.67. The lowest BCUT2D eigenvalue weighted by molar-refractivity contribution is 0.0732. The molecule has 0 aliphatic carbocycles. The van der Waals surface area contributed by atoms with Gasteiger partial charge in [-0.05, 0) is 42.0 Å². The van der Waals surface area contributed by atoms with Gasteiger partial charge in [-0.15, -0.1) is 0 Å². The lowest BCUT2D eigenvalue weighted by atomic mass is 10.1. The number of benzene rings is 3. The molecule has 0 N–H and O–H groups in total. The number of epoxide rings is 1. The van der Waals surface area contributed by atoms with E-state index in [4.69, 9.17) is 14.2 Å². The van der Waals surface area contributed by atoms with Gasteiger partial charge in [0.2, 0.25) is 0 Å². The highest BCUT2D eigenvalue weighted by Gasteiger charge is 2.27. The van der Waals surface area contributed by atoms with Gasteiger partial charge in [0.25, 0.3) is 0 Å². The first-order chi connectivity index (χ1) is 13.2. The van der Waals surface area contributed by atoms with Crippen LogP contribution in [0.15, 0.2) is 78.9 Å². The van der Waals surface area contributed by atoms with E-state index in [2.05, 4.69) is 0 Å². The van der Waals surface area contributed by atoms with Crippen molar-refractivity contribution in [1.29, 1.82) is 0 Å². The molecule has 0 saturated carbocycles. The van der Waals surface area contributed by atoms with Crippen LogP contribution in [0.3, 0.4) is 0 Å². The van der Waals surface area contributed by atoms with Crippen molar-refractivity contribution >= 4 is 11.9 Å². The van der Waals surface area contributed by atoms with Crippen molar-refractivity contribution in [3.05, 3.63) is 95.6 Å². The van der Waals surface area contributed by atoms with E-state index in [0.29, 0.717) is 29.2 Å². The van der Waals surface area contributed by atoms with Gasteiger partial charge in [0.15, 0.2) is 0 Å². The third-order valence-corrected chi connectivity index (χ3v) is 4.05. The smallest absolute Gasteiger partial charge is 0.343 e. The minimum atomic E-state index is -0.482. The quantitative estimate of drug-likeness (QED) is 0.388. The van der Waals surface area contributed by atoms with Gasteiger partial charge in [-0.1, -0.05) is 36.4 Å². The minimum Gasteiger partial charge on any atom is -0.423 e. The first-order valence-electron chi connectivity index (χ1n) is 8.50. The molecule has 5 nitrogen and oxygen atoms in total. The number of esters is 2. The molecule has 4 rings (SSSR count). The summed E-state index contributed by atoms with van der Waals surface area (Å²) in [5, 5.41) is 0. The molecule has 1 fully saturated rings. The number of hydrogen-bond acceptors (Lipinski definition) is 5. The second-order valence-electron chi connectivity index (χ2n) is 6.07. The van der Waals surface area contributed by atoms with E-state index in [1.165, 1.54) is 6.07 Å². The summed E-state index contributed by atoms with van der Waals surface area (Å²) >= 11 is 0. The standard InChI is InChI=1S/C22H16O5/c23-21(15-7-3-1-4-8-15)26-18-11-17(20-14-25-20)12-19(13-18)27-22(24)16-9-5-2-6-10-16/h1-13,20H,14H2. The average Bonchev–Trinajstić information content (AvgIpc) is 3.54. The van der Waals surface area contributed by atoms with E-state index < -0.39 is 11.9 Å². The monoisotopic (exact) mass is 360 g/mol. The van der Waals surface area contributed by atoms with E-state index in [9.17, 15) is 9.59 Å². The molecular weight excluding hydrogens is 344 g/mol. The molecule has 27 heavy (non-hydrogen) atoms. The van der Waals surface area contributed by atoms with Crippen molar-refractivity contribution in [2.75, 3.05) is 6.61 Å². The van der Waals surface area contributed by atoms with E-state index in [1.54, 1.807) is 60.7 Å². The Hall–Kier alpha value is -3.44. The SMILES string of the molecule is O=C(Oc1cc(OC(=O)c2ccccc2)cc(C2CO2)c1)c1ccccc1. The summed E-state index contributed by atoms with van der Waals surface area (Å²) in [6.45, 7) is 0.585. The minimum absolute atomic E-state index is 0.0745. The fraction of sp³-hybridized carbons (Fsp3) is 0.0909. The van der Waals surface area contributed by atoms with Crippen molar-refractivity contribution in [3.63, 3.8) is 0 Å². The second kappa shape index (κ2) is 7.43. The molecule has 5 heteroatoms. The predicted octanol–water partition coefficient (Wildman–Crippen LogP) is 4.20. The Morgan fingerprint density at radius 1 is 0.741 bits per heavy atom. The lowest BCUT2D eigenvalue weighted by Gasteiger charge is -2.10. The third kappa shape index (κ3) is 4.22. The Bertz CT molecular complexity index is 891. The predicted molar refractivity (Wildman–Crippen MR) is 97.9 cm³/mol. The molecule has 1 saturated heterocycles. The Kier molecular flexibility index (Phi) is 4.68. The van der Waals surface area contributed by atoms with E-state index in [1.807, 2.05) is 12.1 Å². The maximum Gasteiger partial charge on any atom is 0.343 e. The summed E-state index contributed by atoms with van der Waals surface area (Å²) in [6, 6.07) is 22.3. The van der Waals surface area contributed by atoms with Gasteiger partial charge >= 0.3 is 11.9 Å². The molecule has 1 aliphatic rings. The highest BCUT2D eigenvalue weighted by atomic mass is 16.6. The van der Waals surface area contributed by atoms with Gasteiger partial charge < -0.3 is 14.2 Å². The molecule has 1 atom stereocenters. The maximum absolute atomic E-state index is 12.3. The van der Waals surface area contributed by atoms with Crippen molar-refractivity contribution in [1.82, 2.24) is 0 Å². The van der Waals surface area contributed by atoms with E-state index in [0.717, 1.165) is 5.56 Å².